The lowest BCUT2D eigenvalue weighted by Gasteiger charge is -2.38. The van der Waals surface area contributed by atoms with E-state index in [0.717, 1.165) is 32.4 Å². The summed E-state index contributed by atoms with van der Waals surface area (Å²) in [6, 6.07) is 0.337. The van der Waals surface area contributed by atoms with Crippen LogP contribution in [0, 0.1) is 11.3 Å². The highest BCUT2D eigenvalue weighted by Gasteiger charge is 2.55. The van der Waals surface area contributed by atoms with Crippen molar-refractivity contribution in [2.24, 2.45) is 16.3 Å². The van der Waals surface area contributed by atoms with E-state index in [1.807, 2.05) is 13.1 Å². The number of carbonyl (C=O) groups is 1. The molecule has 2 fully saturated rings. The lowest BCUT2D eigenvalue weighted by Crippen LogP contribution is -2.53. The number of hydrogen-bond acceptors (Lipinski definition) is 3. The van der Waals surface area contributed by atoms with Crippen LogP contribution in [0.5, 0.6) is 0 Å². The SMILES string of the molecule is CC1CCC=NC1(C)C(=O)N1CC2(CC2)CC1CNP. The van der Waals surface area contributed by atoms with Crippen molar-refractivity contribution in [1.82, 2.24) is 9.99 Å². The van der Waals surface area contributed by atoms with Crippen molar-refractivity contribution in [3.05, 3.63) is 0 Å². The van der Waals surface area contributed by atoms with Gasteiger partial charge in [0.2, 0.25) is 0 Å². The summed E-state index contributed by atoms with van der Waals surface area (Å²) >= 11 is 0. The molecule has 4 atom stereocenters. The maximum Gasteiger partial charge on any atom is 0.250 e. The molecule has 5 heteroatoms. The van der Waals surface area contributed by atoms with Gasteiger partial charge in [0, 0.05) is 25.3 Å². The maximum atomic E-state index is 13.1. The Morgan fingerprint density at radius 2 is 2.30 bits per heavy atom. The van der Waals surface area contributed by atoms with Gasteiger partial charge in [0.25, 0.3) is 5.91 Å². The Kier molecular flexibility index (Phi) is 3.66. The molecule has 2 aliphatic heterocycles. The van der Waals surface area contributed by atoms with Gasteiger partial charge in [0.1, 0.15) is 5.54 Å². The molecule has 2 heterocycles. The highest BCUT2D eigenvalue weighted by Crippen LogP contribution is 2.55. The predicted molar refractivity (Wildman–Crippen MR) is 84.8 cm³/mol. The topological polar surface area (TPSA) is 44.7 Å². The zero-order valence-corrected chi connectivity index (χ0v) is 13.7. The van der Waals surface area contributed by atoms with Crippen molar-refractivity contribution in [1.29, 1.82) is 0 Å². The summed E-state index contributed by atoms with van der Waals surface area (Å²) in [7, 11) is 2.56. The number of nitrogens with zero attached hydrogens (tertiary/aromatic N) is 2. The van der Waals surface area contributed by atoms with E-state index in [9.17, 15) is 4.79 Å². The molecular formula is C15H26N3OP. The van der Waals surface area contributed by atoms with Crippen LogP contribution in [0.15, 0.2) is 4.99 Å². The Labute approximate surface area is 124 Å². The van der Waals surface area contributed by atoms with Gasteiger partial charge in [-0.2, -0.15) is 0 Å². The van der Waals surface area contributed by atoms with Crippen molar-refractivity contribution < 1.29 is 4.79 Å². The Morgan fingerprint density at radius 3 is 2.90 bits per heavy atom. The second-order valence-corrected chi connectivity index (χ2v) is 7.55. The van der Waals surface area contributed by atoms with E-state index in [2.05, 4.69) is 31.3 Å². The maximum absolute atomic E-state index is 13.1. The lowest BCUT2D eigenvalue weighted by molar-refractivity contribution is -0.139. The normalized spacial score (nSPS) is 38.5. The third-order valence-electron chi connectivity index (χ3n) is 5.67. The van der Waals surface area contributed by atoms with Gasteiger partial charge in [-0.1, -0.05) is 16.3 Å². The van der Waals surface area contributed by atoms with E-state index < -0.39 is 5.54 Å². The molecule has 1 saturated heterocycles. The Hall–Kier alpha value is -0.470. The minimum Gasteiger partial charge on any atom is -0.336 e. The van der Waals surface area contributed by atoms with E-state index in [4.69, 9.17) is 0 Å². The summed E-state index contributed by atoms with van der Waals surface area (Å²) in [5.74, 6) is 0.579. The predicted octanol–water partition coefficient (Wildman–Crippen LogP) is 2.01. The van der Waals surface area contributed by atoms with Crippen LogP contribution in [0.4, 0.5) is 0 Å². The first-order valence-electron chi connectivity index (χ1n) is 7.79. The van der Waals surface area contributed by atoms with Gasteiger partial charge in [0.05, 0.1) is 0 Å². The number of nitrogens with one attached hydrogen (secondary N) is 1. The monoisotopic (exact) mass is 295 g/mol. The second kappa shape index (κ2) is 5.06. The largest absolute Gasteiger partial charge is 0.336 e. The fraction of sp³-hybridized carbons (Fsp3) is 0.867. The van der Waals surface area contributed by atoms with Gasteiger partial charge in [0.15, 0.2) is 0 Å². The number of likely N-dealkylation sites (tertiary alicyclic amines) is 1. The van der Waals surface area contributed by atoms with Crippen molar-refractivity contribution in [2.75, 3.05) is 13.1 Å². The quantitative estimate of drug-likeness (QED) is 0.810. The van der Waals surface area contributed by atoms with Crippen molar-refractivity contribution >= 4 is 21.5 Å². The molecule has 0 aromatic carbocycles. The molecule has 1 amide bonds. The number of carbonyl (C=O) groups excluding carboxylic acids is 1. The van der Waals surface area contributed by atoms with Crippen LogP contribution in [0.2, 0.25) is 0 Å². The number of rotatable bonds is 3. The van der Waals surface area contributed by atoms with Gasteiger partial charge in [-0.05, 0) is 50.4 Å². The van der Waals surface area contributed by atoms with Crippen LogP contribution in [-0.2, 0) is 4.79 Å². The molecule has 0 aromatic heterocycles. The van der Waals surface area contributed by atoms with Crippen molar-refractivity contribution in [3.8, 4) is 0 Å². The molecule has 1 N–H and O–H groups in total. The van der Waals surface area contributed by atoms with Crippen molar-refractivity contribution in [3.63, 3.8) is 0 Å². The first-order chi connectivity index (χ1) is 9.51. The molecule has 4 nitrogen and oxygen atoms in total. The van der Waals surface area contributed by atoms with Crippen LogP contribution in [0.1, 0.15) is 46.0 Å². The average Bonchev–Trinajstić information content (AvgIpc) is 3.08. The van der Waals surface area contributed by atoms with Crippen LogP contribution in [0.25, 0.3) is 0 Å². The zero-order valence-electron chi connectivity index (χ0n) is 12.6. The van der Waals surface area contributed by atoms with E-state index in [1.54, 1.807) is 0 Å². The molecular weight excluding hydrogens is 269 g/mol. The molecule has 20 heavy (non-hydrogen) atoms. The summed E-state index contributed by atoms with van der Waals surface area (Å²) in [4.78, 5) is 19.8. The standard InChI is InChI=1S/C15H26N3OP/c1-11-4-3-7-16-14(11,2)13(19)18-10-15(5-6-15)8-12(18)9-17-20/h7,11-12,17H,3-6,8-10,20H2,1-2H3. The van der Waals surface area contributed by atoms with Crippen molar-refractivity contribution in [2.45, 2.75) is 57.5 Å². The number of amides is 1. The smallest absolute Gasteiger partial charge is 0.250 e. The number of hydrogen-bond donors (Lipinski definition) is 1. The summed E-state index contributed by atoms with van der Waals surface area (Å²) in [6.07, 6.45) is 7.76. The summed E-state index contributed by atoms with van der Waals surface area (Å²) in [5, 5.41) is 3.17. The van der Waals surface area contributed by atoms with Crippen LogP contribution in [0.3, 0.4) is 0 Å². The second-order valence-electron chi connectivity index (χ2n) is 7.14. The van der Waals surface area contributed by atoms with E-state index >= 15 is 0 Å². The van der Waals surface area contributed by atoms with Crippen LogP contribution in [-0.4, -0.2) is 41.7 Å². The summed E-state index contributed by atoms with van der Waals surface area (Å²) in [5.41, 5.74) is -0.0996. The van der Waals surface area contributed by atoms with Gasteiger partial charge in [-0.25, -0.2) is 0 Å². The molecule has 0 radical (unpaired) electrons. The fourth-order valence-electron chi connectivity index (χ4n) is 3.80. The molecule has 0 bridgehead atoms. The third kappa shape index (κ3) is 2.31. The van der Waals surface area contributed by atoms with Gasteiger partial charge >= 0.3 is 0 Å². The van der Waals surface area contributed by atoms with Crippen LogP contribution < -0.4 is 5.09 Å². The summed E-state index contributed by atoms with van der Waals surface area (Å²) < 4.78 is 0. The Balaban J connectivity index is 1.81. The first kappa shape index (κ1) is 14.5. The minimum absolute atomic E-state index is 0.245. The molecule has 0 aromatic rings. The van der Waals surface area contributed by atoms with Crippen LogP contribution >= 0.6 is 9.39 Å². The minimum atomic E-state index is -0.544. The number of aliphatic imine (C=N–C) groups is 1. The van der Waals surface area contributed by atoms with Gasteiger partial charge in [-0.15, -0.1) is 0 Å². The average molecular weight is 295 g/mol. The molecule has 1 saturated carbocycles. The van der Waals surface area contributed by atoms with E-state index in [1.165, 1.54) is 12.8 Å². The lowest BCUT2D eigenvalue weighted by atomic mass is 9.81. The van der Waals surface area contributed by atoms with Gasteiger partial charge in [-0.3, -0.25) is 14.9 Å². The Morgan fingerprint density at radius 1 is 1.55 bits per heavy atom. The zero-order chi connectivity index (χ0) is 14.4. The third-order valence-corrected chi connectivity index (χ3v) is 5.90. The van der Waals surface area contributed by atoms with Gasteiger partial charge < -0.3 is 4.90 Å². The van der Waals surface area contributed by atoms with E-state index in [-0.39, 0.29) is 5.91 Å². The molecule has 1 aliphatic carbocycles. The summed E-state index contributed by atoms with van der Waals surface area (Å²) in [6.45, 7) is 6.01. The molecule has 3 rings (SSSR count). The molecule has 112 valence electrons. The Bertz CT molecular complexity index is 435. The molecule has 4 unspecified atom stereocenters. The molecule has 1 spiro atoms. The highest BCUT2D eigenvalue weighted by molar-refractivity contribution is 7.13. The highest BCUT2D eigenvalue weighted by atomic mass is 31.0. The first-order valence-corrected chi connectivity index (χ1v) is 8.37. The molecule has 3 aliphatic rings. The van der Waals surface area contributed by atoms with E-state index in [0.29, 0.717) is 17.4 Å². The fourth-order valence-corrected chi connectivity index (χ4v) is 4.08.